The zero-order valence-corrected chi connectivity index (χ0v) is 12.9. The summed E-state index contributed by atoms with van der Waals surface area (Å²) in [4.78, 5) is 14.6. The normalized spacial score (nSPS) is 12.2. The lowest BCUT2D eigenvalue weighted by Crippen LogP contribution is -2.33. The van der Waals surface area contributed by atoms with Crippen molar-refractivity contribution in [3.8, 4) is 5.75 Å². The highest BCUT2D eigenvalue weighted by atomic mass is 35.5. The van der Waals surface area contributed by atoms with Crippen LogP contribution in [-0.2, 0) is 6.42 Å². The van der Waals surface area contributed by atoms with Crippen molar-refractivity contribution in [2.45, 2.75) is 26.3 Å². The Kier molecular flexibility index (Phi) is 4.68. The first-order valence-electron chi connectivity index (χ1n) is 6.30. The molecule has 106 valence electrons. The van der Waals surface area contributed by atoms with E-state index in [-0.39, 0.29) is 22.7 Å². The van der Waals surface area contributed by atoms with E-state index in [1.54, 1.807) is 17.4 Å². The number of phenolic OH excluding ortho intramolecular Hbond substituents is 1. The molecule has 2 aromatic rings. The number of hydrogen-bond donors (Lipinski definition) is 2. The van der Waals surface area contributed by atoms with E-state index in [2.05, 4.69) is 24.4 Å². The number of phenols is 1. The molecule has 3 nitrogen and oxygen atoms in total. The molecule has 0 saturated heterocycles. The second-order valence-electron chi connectivity index (χ2n) is 4.76. The quantitative estimate of drug-likeness (QED) is 0.903. The van der Waals surface area contributed by atoms with Gasteiger partial charge >= 0.3 is 0 Å². The van der Waals surface area contributed by atoms with Crippen molar-refractivity contribution in [3.63, 3.8) is 0 Å². The number of thiophene rings is 1. The molecule has 0 bridgehead atoms. The average Bonchev–Trinajstić information content (AvgIpc) is 2.77. The highest BCUT2D eigenvalue weighted by Crippen LogP contribution is 2.23. The number of nitrogens with one attached hydrogen (secondary N) is 1. The first kappa shape index (κ1) is 14.9. The summed E-state index contributed by atoms with van der Waals surface area (Å²) in [7, 11) is 0. The molecule has 20 heavy (non-hydrogen) atoms. The number of hydrogen-bond acceptors (Lipinski definition) is 3. The van der Waals surface area contributed by atoms with Crippen LogP contribution in [0.15, 0.2) is 30.3 Å². The number of halogens is 1. The maximum absolute atomic E-state index is 12.1. The van der Waals surface area contributed by atoms with Crippen molar-refractivity contribution in [3.05, 3.63) is 50.7 Å². The molecule has 0 aliphatic rings. The van der Waals surface area contributed by atoms with E-state index in [1.165, 1.54) is 21.9 Å². The lowest BCUT2D eigenvalue weighted by atomic mass is 10.1. The van der Waals surface area contributed by atoms with Gasteiger partial charge in [0.25, 0.3) is 5.91 Å². The minimum atomic E-state index is -0.187. The van der Waals surface area contributed by atoms with Gasteiger partial charge in [-0.1, -0.05) is 11.6 Å². The molecule has 5 heteroatoms. The molecule has 1 heterocycles. The fourth-order valence-electron chi connectivity index (χ4n) is 1.90. The second-order valence-corrected chi connectivity index (χ2v) is 6.54. The van der Waals surface area contributed by atoms with Gasteiger partial charge in [-0.25, -0.2) is 0 Å². The summed E-state index contributed by atoms with van der Waals surface area (Å²) < 4.78 is 0. The van der Waals surface area contributed by atoms with Crippen molar-refractivity contribution in [2.24, 2.45) is 0 Å². The molecule has 2 N–H and O–H groups in total. The number of carbonyl (C=O) groups excluding carboxylic acids is 1. The fraction of sp³-hybridized carbons (Fsp3) is 0.267. The van der Waals surface area contributed by atoms with Gasteiger partial charge in [-0.05, 0) is 44.2 Å². The molecule has 1 aromatic heterocycles. The first-order valence-corrected chi connectivity index (χ1v) is 7.50. The van der Waals surface area contributed by atoms with Crippen LogP contribution in [0.5, 0.6) is 5.75 Å². The molecule has 0 saturated carbocycles. The van der Waals surface area contributed by atoms with Gasteiger partial charge in [0.1, 0.15) is 5.75 Å². The summed E-state index contributed by atoms with van der Waals surface area (Å²) in [5, 5.41) is 12.5. The second kappa shape index (κ2) is 6.29. The van der Waals surface area contributed by atoms with Crippen LogP contribution in [0.3, 0.4) is 0 Å². The molecular weight excluding hydrogens is 294 g/mol. The molecule has 1 aromatic carbocycles. The van der Waals surface area contributed by atoms with E-state index in [4.69, 9.17) is 11.6 Å². The van der Waals surface area contributed by atoms with Crippen molar-refractivity contribution < 1.29 is 9.90 Å². The van der Waals surface area contributed by atoms with Crippen LogP contribution >= 0.6 is 22.9 Å². The van der Waals surface area contributed by atoms with E-state index in [1.807, 2.05) is 6.92 Å². The number of rotatable bonds is 4. The third kappa shape index (κ3) is 3.74. The molecule has 0 spiro atoms. The van der Waals surface area contributed by atoms with Gasteiger partial charge in [-0.2, -0.15) is 0 Å². The topological polar surface area (TPSA) is 49.3 Å². The molecular formula is C15H16ClNO2S. The molecule has 1 amide bonds. The zero-order chi connectivity index (χ0) is 14.7. The summed E-state index contributed by atoms with van der Waals surface area (Å²) >= 11 is 7.54. The third-order valence-corrected chi connectivity index (χ3v) is 4.22. The molecule has 1 atom stereocenters. The van der Waals surface area contributed by atoms with E-state index >= 15 is 0 Å². The van der Waals surface area contributed by atoms with Gasteiger partial charge in [0.05, 0.1) is 5.02 Å². The smallest absolute Gasteiger partial charge is 0.251 e. The Bertz CT molecular complexity index is 624. The Balaban J connectivity index is 1.98. The van der Waals surface area contributed by atoms with Gasteiger partial charge in [0.15, 0.2) is 0 Å². The minimum absolute atomic E-state index is 0.0228. The van der Waals surface area contributed by atoms with Crippen LogP contribution in [0, 0.1) is 6.92 Å². The number of aromatic hydroxyl groups is 1. The molecule has 0 aliphatic carbocycles. The van der Waals surface area contributed by atoms with Gasteiger partial charge in [-0.3, -0.25) is 4.79 Å². The van der Waals surface area contributed by atoms with Crippen LogP contribution in [-0.4, -0.2) is 17.1 Å². The summed E-state index contributed by atoms with van der Waals surface area (Å²) in [6.07, 6.45) is 0.802. The Morgan fingerprint density at radius 2 is 2.15 bits per heavy atom. The maximum Gasteiger partial charge on any atom is 0.251 e. The highest BCUT2D eigenvalue weighted by Gasteiger charge is 2.12. The van der Waals surface area contributed by atoms with E-state index < -0.39 is 0 Å². The Morgan fingerprint density at radius 1 is 1.40 bits per heavy atom. The standard InChI is InChI=1S/C15H16ClNO2S/c1-9(7-12-5-3-10(2)20-12)17-15(19)11-4-6-14(18)13(16)8-11/h3-6,8-9,18H,7H2,1-2H3,(H,17,19). The monoisotopic (exact) mass is 309 g/mol. The molecule has 0 aliphatic heterocycles. The third-order valence-electron chi connectivity index (χ3n) is 2.89. The van der Waals surface area contributed by atoms with Crippen LogP contribution < -0.4 is 5.32 Å². The van der Waals surface area contributed by atoms with Crippen molar-refractivity contribution in [2.75, 3.05) is 0 Å². The Hall–Kier alpha value is -1.52. The van der Waals surface area contributed by atoms with Crippen LogP contribution in [0.2, 0.25) is 5.02 Å². The lowest BCUT2D eigenvalue weighted by molar-refractivity contribution is 0.0940. The molecule has 0 radical (unpaired) electrons. The highest BCUT2D eigenvalue weighted by molar-refractivity contribution is 7.11. The van der Waals surface area contributed by atoms with Gasteiger partial charge in [-0.15, -0.1) is 11.3 Å². The zero-order valence-electron chi connectivity index (χ0n) is 11.3. The van der Waals surface area contributed by atoms with Gasteiger partial charge in [0.2, 0.25) is 0 Å². The summed E-state index contributed by atoms with van der Waals surface area (Å²) in [5.74, 6) is -0.210. The SMILES string of the molecule is Cc1ccc(CC(C)NC(=O)c2ccc(O)c(Cl)c2)s1. The summed E-state index contributed by atoms with van der Waals surface area (Å²) in [6.45, 7) is 4.03. The molecule has 1 unspecified atom stereocenters. The van der Waals surface area contributed by atoms with E-state index in [0.717, 1.165) is 6.42 Å². The first-order chi connectivity index (χ1) is 9.45. The summed E-state index contributed by atoms with van der Waals surface area (Å²) in [6, 6.07) is 8.64. The van der Waals surface area contributed by atoms with Crippen LogP contribution in [0.4, 0.5) is 0 Å². The minimum Gasteiger partial charge on any atom is -0.506 e. The molecule has 0 fully saturated rings. The predicted octanol–water partition coefficient (Wildman–Crippen LogP) is 3.78. The Morgan fingerprint density at radius 3 is 2.75 bits per heavy atom. The van der Waals surface area contributed by atoms with E-state index in [0.29, 0.717) is 5.56 Å². The van der Waals surface area contributed by atoms with Crippen LogP contribution in [0.25, 0.3) is 0 Å². The number of carbonyl (C=O) groups is 1. The predicted molar refractivity (Wildman–Crippen MR) is 82.8 cm³/mol. The van der Waals surface area contributed by atoms with Crippen molar-refractivity contribution >= 4 is 28.8 Å². The summed E-state index contributed by atoms with van der Waals surface area (Å²) in [5.41, 5.74) is 0.446. The largest absolute Gasteiger partial charge is 0.506 e. The maximum atomic E-state index is 12.1. The van der Waals surface area contributed by atoms with Crippen molar-refractivity contribution in [1.29, 1.82) is 0 Å². The van der Waals surface area contributed by atoms with Gasteiger partial charge < -0.3 is 10.4 Å². The Labute approximate surface area is 127 Å². The average molecular weight is 310 g/mol. The van der Waals surface area contributed by atoms with Gasteiger partial charge in [0, 0.05) is 27.8 Å². The van der Waals surface area contributed by atoms with Crippen LogP contribution in [0.1, 0.15) is 27.0 Å². The van der Waals surface area contributed by atoms with Crippen molar-refractivity contribution in [1.82, 2.24) is 5.32 Å². The number of aryl methyl sites for hydroxylation is 1. The molecule has 2 rings (SSSR count). The number of amides is 1. The van der Waals surface area contributed by atoms with E-state index in [9.17, 15) is 9.90 Å². The number of benzene rings is 1. The fourth-order valence-corrected chi connectivity index (χ4v) is 3.10. The lowest BCUT2D eigenvalue weighted by Gasteiger charge is -2.13.